The zero-order valence-corrected chi connectivity index (χ0v) is 16.8. The lowest BCUT2D eigenvalue weighted by Gasteiger charge is -2.23. The molecule has 6 heteroatoms. The summed E-state index contributed by atoms with van der Waals surface area (Å²) in [5.41, 5.74) is 2.25. The number of benzene rings is 2. The Kier molecular flexibility index (Phi) is 5.99. The first-order valence-corrected chi connectivity index (χ1v) is 10.8. The highest BCUT2D eigenvalue weighted by atomic mass is 32.2. The van der Waals surface area contributed by atoms with Gasteiger partial charge >= 0.3 is 0 Å². The number of aromatic nitrogens is 2. The lowest BCUT2D eigenvalue weighted by molar-refractivity contribution is -0.129. The van der Waals surface area contributed by atoms with Gasteiger partial charge in [0, 0.05) is 18.5 Å². The van der Waals surface area contributed by atoms with Crippen LogP contribution in [0.4, 0.5) is 0 Å². The number of rotatable bonds is 7. The molecule has 0 bridgehead atoms. The van der Waals surface area contributed by atoms with Gasteiger partial charge in [0.05, 0.1) is 5.75 Å². The molecule has 0 atom stereocenters. The molecule has 0 fully saturated rings. The van der Waals surface area contributed by atoms with E-state index in [1.165, 1.54) is 11.8 Å². The fraction of sp³-hybridized carbons (Fsp3) is 0.136. The highest BCUT2D eigenvalue weighted by molar-refractivity contribution is 8.00. The van der Waals surface area contributed by atoms with Crippen LogP contribution in [0.25, 0.3) is 10.2 Å². The fourth-order valence-electron chi connectivity index (χ4n) is 2.94. The molecule has 0 aliphatic rings. The fourth-order valence-corrected chi connectivity index (χ4v) is 4.63. The molecule has 28 heavy (non-hydrogen) atoms. The molecular weight excluding hydrogens is 386 g/mol. The van der Waals surface area contributed by atoms with Crippen molar-refractivity contribution < 1.29 is 4.79 Å². The molecule has 4 aromatic rings. The molecule has 0 saturated carbocycles. The maximum atomic E-state index is 13.1. The molecule has 0 aliphatic carbocycles. The van der Waals surface area contributed by atoms with Crippen molar-refractivity contribution in [2.75, 3.05) is 5.75 Å². The highest BCUT2D eigenvalue weighted by Crippen LogP contribution is 2.28. The number of amides is 1. The lowest BCUT2D eigenvalue weighted by Crippen LogP contribution is -2.31. The zero-order chi connectivity index (χ0) is 19.2. The molecule has 0 unspecified atom stereocenters. The number of fused-ring (bicyclic) bond motifs is 1. The first-order chi connectivity index (χ1) is 13.8. The quantitative estimate of drug-likeness (QED) is 0.320. The average molecular weight is 406 g/mol. The molecule has 140 valence electrons. The number of hydrogen-bond acceptors (Lipinski definition) is 5. The van der Waals surface area contributed by atoms with Gasteiger partial charge in [0.25, 0.3) is 0 Å². The van der Waals surface area contributed by atoms with Gasteiger partial charge < -0.3 is 4.90 Å². The second kappa shape index (κ2) is 8.99. The predicted molar refractivity (Wildman–Crippen MR) is 115 cm³/mol. The summed E-state index contributed by atoms with van der Waals surface area (Å²) in [6, 6.07) is 22.2. The Balaban J connectivity index is 1.49. The van der Waals surface area contributed by atoms with E-state index in [1.807, 2.05) is 52.7 Å². The maximum Gasteiger partial charge on any atom is 0.233 e. The molecule has 0 N–H and O–H groups in total. The minimum Gasteiger partial charge on any atom is -0.333 e. The Bertz CT molecular complexity index is 1010. The molecule has 2 heterocycles. The minimum absolute atomic E-state index is 0.0969. The summed E-state index contributed by atoms with van der Waals surface area (Å²) in [6.45, 7) is 1.18. The van der Waals surface area contributed by atoms with Crippen LogP contribution in [0.3, 0.4) is 0 Å². The second-order valence-corrected chi connectivity index (χ2v) is 8.19. The summed E-state index contributed by atoms with van der Waals surface area (Å²) in [6.07, 6.45) is 1.57. The summed E-state index contributed by atoms with van der Waals surface area (Å²) in [4.78, 5) is 24.6. The van der Waals surface area contributed by atoms with Gasteiger partial charge in [-0.05, 0) is 22.6 Å². The van der Waals surface area contributed by atoms with E-state index in [0.717, 1.165) is 26.4 Å². The van der Waals surface area contributed by atoms with Crippen LogP contribution in [0, 0.1) is 0 Å². The first kappa shape index (κ1) is 18.7. The number of thiophene rings is 1. The maximum absolute atomic E-state index is 13.1. The largest absolute Gasteiger partial charge is 0.333 e. The van der Waals surface area contributed by atoms with E-state index in [0.29, 0.717) is 18.8 Å². The van der Waals surface area contributed by atoms with Gasteiger partial charge in [-0.25, -0.2) is 9.97 Å². The standard InChI is InChI=1S/C22H19N3OS2/c26-20(15-28-22-19-11-12-27-21(19)23-16-24-22)25(13-17-7-3-1-4-8-17)14-18-9-5-2-6-10-18/h1-12,16H,13-15H2. The van der Waals surface area contributed by atoms with Crippen molar-refractivity contribution in [3.63, 3.8) is 0 Å². The van der Waals surface area contributed by atoms with Crippen LogP contribution < -0.4 is 0 Å². The number of carbonyl (C=O) groups excluding carboxylic acids is 1. The summed E-state index contributed by atoms with van der Waals surface area (Å²) < 4.78 is 0. The van der Waals surface area contributed by atoms with Gasteiger partial charge in [-0.15, -0.1) is 11.3 Å². The first-order valence-electron chi connectivity index (χ1n) is 8.96. The van der Waals surface area contributed by atoms with Crippen LogP contribution in [0.15, 0.2) is 83.5 Å². The third-order valence-corrected chi connectivity index (χ3v) is 6.15. The summed E-state index contributed by atoms with van der Waals surface area (Å²) >= 11 is 3.06. The summed E-state index contributed by atoms with van der Waals surface area (Å²) in [7, 11) is 0. The van der Waals surface area contributed by atoms with Crippen LogP contribution >= 0.6 is 23.1 Å². The lowest BCUT2D eigenvalue weighted by atomic mass is 10.1. The van der Waals surface area contributed by atoms with Crippen LogP contribution in [0.2, 0.25) is 0 Å². The highest BCUT2D eigenvalue weighted by Gasteiger charge is 2.16. The Morgan fingerprint density at radius 2 is 1.54 bits per heavy atom. The predicted octanol–water partition coefficient (Wildman–Crippen LogP) is 5.01. The average Bonchev–Trinajstić information content (AvgIpc) is 3.22. The molecule has 0 aliphatic heterocycles. The third kappa shape index (κ3) is 4.58. The van der Waals surface area contributed by atoms with Gasteiger partial charge in [0.15, 0.2) is 0 Å². The van der Waals surface area contributed by atoms with Gasteiger partial charge in [-0.2, -0.15) is 0 Å². The van der Waals surface area contributed by atoms with Crippen molar-refractivity contribution in [2.24, 2.45) is 0 Å². The van der Waals surface area contributed by atoms with E-state index in [-0.39, 0.29) is 5.91 Å². The van der Waals surface area contributed by atoms with Crippen molar-refractivity contribution in [3.8, 4) is 0 Å². The normalized spacial score (nSPS) is 10.9. The Labute approximate surface area is 172 Å². The third-order valence-electron chi connectivity index (χ3n) is 4.34. The Hall–Kier alpha value is -2.70. The van der Waals surface area contributed by atoms with Crippen molar-refractivity contribution in [1.82, 2.24) is 14.9 Å². The van der Waals surface area contributed by atoms with Gasteiger partial charge in [0.2, 0.25) is 5.91 Å². The topological polar surface area (TPSA) is 46.1 Å². The number of carbonyl (C=O) groups is 1. The Morgan fingerprint density at radius 1 is 0.893 bits per heavy atom. The minimum atomic E-state index is 0.0969. The van der Waals surface area contributed by atoms with E-state index in [9.17, 15) is 4.79 Å². The molecule has 0 saturated heterocycles. The van der Waals surface area contributed by atoms with E-state index in [4.69, 9.17) is 0 Å². The van der Waals surface area contributed by atoms with E-state index in [1.54, 1.807) is 17.7 Å². The van der Waals surface area contributed by atoms with E-state index >= 15 is 0 Å². The SMILES string of the molecule is O=C(CSc1ncnc2sccc12)N(Cc1ccccc1)Cc1ccccc1. The molecular formula is C22H19N3OS2. The molecule has 0 spiro atoms. The summed E-state index contributed by atoms with van der Waals surface area (Å²) in [5, 5.41) is 3.88. The number of thioether (sulfide) groups is 1. The van der Waals surface area contributed by atoms with Gasteiger partial charge in [0.1, 0.15) is 16.2 Å². The molecule has 4 rings (SSSR count). The molecule has 1 amide bonds. The van der Waals surface area contributed by atoms with Gasteiger partial charge in [-0.3, -0.25) is 4.79 Å². The van der Waals surface area contributed by atoms with Gasteiger partial charge in [-0.1, -0.05) is 72.4 Å². The molecule has 0 radical (unpaired) electrons. The molecule has 2 aromatic carbocycles. The second-order valence-electron chi connectivity index (χ2n) is 6.33. The number of hydrogen-bond donors (Lipinski definition) is 0. The molecule has 2 aromatic heterocycles. The van der Waals surface area contributed by atoms with Crippen LogP contribution in [0.5, 0.6) is 0 Å². The Morgan fingerprint density at radius 3 is 2.18 bits per heavy atom. The van der Waals surface area contributed by atoms with Crippen molar-refractivity contribution in [2.45, 2.75) is 18.1 Å². The van der Waals surface area contributed by atoms with Crippen molar-refractivity contribution in [1.29, 1.82) is 0 Å². The van der Waals surface area contributed by atoms with Crippen molar-refractivity contribution >= 4 is 39.2 Å². The monoisotopic (exact) mass is 405 g/mol. The smallest absolute Gasteiger partial charge is 0.233 e. The number of nitrogens with zero attached hydrogens (tertiary/aromatic N) is 3. The van der Waals surface area contributed by atoms with Crippen LogP contribution in [0.1, 0.15) is 11.1 Å². The van der Waals surface area contributed by atoms with Crippen molar-refractivity contribution in [3.05, 3.63) is 89.6 Å². The molecule has 4 nitrogen and oxygen atoms in total. The van der Waals surface area contributed by atoms with E-state index < -0.39 is 0 Å². The summed E-state index contributed by atoms with van der Waals surface area (Å²) in [5.74, 6) is 0.446. The van der Waals surface area contributed by atoms with E-state index in [2.05, 4.69) is 34.2 Å². The zero-order valence-electron chi connectivity index (χ0n) is 15.2. The van der Waals surface area contributed by atoms with Crippen LogP contribution in [-0.2, 0) is 17.9 Å². The van der Waals surface area contributed by atoms with Crippen LogP contribution in [-0.4, -0.2) is 26.5 Å².